The molecule has 1 aromatic rings. The van der Waals surface area contributed by atoms with Crippen LogP contribution in [0.5, 0.6) is 0 Å². The molecule has 1 heterocycles. The van der Waals surface area contributed by atoms with Crippen LogP contribution in [0, 0.1) is 6.92 Å². The Balaban J connectivity index is 2.96. The SMILES string of the molecule is CCCCN(CC)S(=O)(=O)c1cc(CNC(C)C)oc1C. The molecular formula is C15H28N2O3S. The van der Waals surface area contributed by atoms with Crippen molar-refractivity contribution in [1.29, 1.82) is 0 Å². The fraction of sp³-hybridized carbons (Fsp3) is 0.733. The zero-order valence-corrected chi connectivity index (χ0v) is 14.6. The lowest BCUT2D eigenvalue weighted by atomic mass is 10.3. The van der Waals surface area contributed by atoms with Gasteiger partial charge in [-0.2, -0.15) is 4.31 Å². The molecule has 21 heavy (non-hydrogen) atoms. The van der Waals surface area contributed by atoms with Gasteiger partial charge in [-0.3, -0.25) is 0 Å². The topological polar surface area (TPSA) is 62.6 Å². The van der Waals surface area contributed by atoms with Gasteiger partial charge in [-0.1, -0.05) is 34.1 Å². The molecule has 0 bridgehead atoms. The van der Waals surface area contributed by atoms with E-state index in [2.05, 4.69) is 12.2 Å². The minimum atomic E-state index is -3.46. The summed E-state index contributed by atoms with van der Waals surface area (Å²) in [5.41, 5.74) is 0. The first-order chi connectivity index (χ1) is 9.82. The fourth-order valence-electron chi connectivity index (χ4n) is 2.09. The fourth-order valence-corrected chi connectivity index (χ4v) is 3.77. The van der Waals surface area contributed by atoms with Crippen LogP contribution < -0.4 is 5.32 Å². The van der Waals surface area contributed by atoms with Crippen LogP contribution in [0.3, 0.4) is 0 Å². The number of furan rings is 1. The largest absolute Gasteiger partial charge is 0.464 e. The van der Waals surface area contributed by atoms with Gasteiger partial charge in [0.05, 0.1) is 6.54 Å². The Morgan fingerprint density at radius 2 is 2.00 bits per heavy atom. The molecule has 1 rings (SSSR count). The summed E-state index contributed by atoms with van der Waals surface area (Å²) in [6, 6.07) is 1.97. The number of aryl methyl sites for hydroxylation is 1. The summed E-state index contributed by atoms with van der Waals surface area (Å²) >= 11 is 0. The number of hydrogen-bond donors (Lipinski definition) is 1. The predicted octanol–water partition coefficient (Wildman–Crippen LogP) is 2.90. The highest BCUT2D eigenvalue weighted by atomic mass is 32.2. The molecule has 0 unspecified atom stereocenters. The number of unbranched alkanes of at least 4 members (excludes halogenated alkanes) is 1. The third-order valence-corrected chi connectivity index (χ3v) is 5.42. The zero-order chi connectivity index (χ0) is 16.0. The van der Waals surface area contributed by atoms with Crippen molar-refractivity contribution >= 4 is 10.0 Å². The second-order valence-corrected chi connectivity index (χ2v) is 7.43. The van der Waals surface area contributed by atoms with Gasteiger partial charge in [0, 0.05) is 25.2 Å². The molecule has 0 fully saturated rings. The standard InChI is InChI=1S/C15H28N2O3S/c1-6-8-9-17(7-2)21(18,19)15-10-14(20-13(15)5)11-16-12(3)4/h10,12,16H,6-9,11H2,1-5H3. The smallest absolute Gasteiger partial charge is 0.246 e. The molecule has 1 N–H and O–H groups in total. The maximum atomic E-state index is 12.7. The molecule has 0 radical (unpaired) electrons. The Kier molecular flexibility index (Phi) is 6.90. The van der Waals surface area contributed by atoms with Crippen molar-refractivity contribution in [2.45, 2.75) is 64.9 Å². The van der Waals surface area contributed by atoms with Gasteiger partial charge in [-0.25, -0.2) is 8.42 Å². The van der Waals surface area contributed by atoms with Gasteiger partial charge in [-0.15, -0.1) is 0 Å². The molecule has 1 aromatic heterocycles. The lowest BCUT2D eigenvalue weighted by Crippen LogP contribution is -2.32. The van der Waals surface area contributed by atoms with E-state index in [0.717, 1.165) is 12.8 Å². The van der Waals surface area contributed by atoms with Gasteiger partial charge < -0.3 is 9.73 Å². The summed E-state index contributed by atoms with van der Waals surface area (Å²) in [6.07, 6.45) is 1.84. The van der Waals surface area contributed by atoms with Crippen LogP contribution in [0.15, 0.2) is 15.4 Å². The summed E-state index contributed by atoms with van der Waals surface area (Å²) < 4.78 is 32.5. The Morgan fingerprint density at radius 1 is 1.33 bits per heavy atom. The summed E-state index contributed by atoms with van der Waals surface area (Å²) in [5.74, 6) is 1.12. The zero-order valence-electron chi connectivity index (χ0n) is 13.8. The van der Waals surface area contributed by atoms with E-state index >= 15 is 0 Å². The molecule has 0 amide bonds. The highest BCUT2D eigenvalue weighted by Crippen LogP contribution is 2.24. The molecule has 0 saturated carbocycles. The predicted molar refractivity (Wildman–Crippen MR) is 84.8 cm³/mol. The van der Waals surface area contributed by atoms with Gasteiger partial charge in [0.25, 0.3) is 0 Å². The number of nitrogens with one attached hydrogen (secondary N) is 1. The summed E-state index contributed by atoms with van der Waals surface area (Å²) in [4.78, 5) is 0.293. The molecule has 0 aliphatic heterocycles. The van der Waals surface area contributed by atoms with Gasteiger partial charge in [-0.05, 0) is 13.3 Å². The van der Waals surface area contributed by atoms with E-state index in [1.807, 2.05) is 20.8 Å². The number of sulfonamides is 1. The molecule has 0 spiro atoms. The van der Waals surface area contributed by atoms with Gasteiger partial charge in [0.15, 0.2) is 0 Å². The normalized spacial score (nSPS) is 12.5. The van der Waals surface area contributed by atoms with E-state index in [0.29, 0.717) is 42.1 Å². The minimum Gasteiger partial charge on any atom is -0.464 e. The highest BCUT2D eigenvalue weighted by molar-refractivity contribution is 7.89. The van der Waals surface area contributed by atoms with Crippen LogP contribution in [0.2, 0.25) is 0 Å². The Labute approximate surface area is 128 Å². The first-order valence-electron chi connectivity index (χ1n) is 7.65. The molecule has 0 aliphatic rings. The van der Waals surface area contributed by atoms with E-state index < -0.39 is 10.0 Å². The molecule has 122 valence electrons. The number of hydrogen-bond acceptors (Lipinski definition) is 4. The van der Waals surface area contributed by atoms with Crippen LogP contribution in [-0.2, 0) is 16.6 Å². The molecule has 5 nitrogen and oxygen atoms in total. The van der Waals surface area contributed by atoms with E-state index in [4.69, 9.17) is 4.42 Å². The van der Waals surface area contributed by atoms with Crippen LogP contribution >= 0.6 is 0 Å². The lowest BCUT2D eigenvalue weighted by Gasteiger charge is -2.19. The average Bonchev–Trinajstić information content (AvgIpc) is 2.79. The molecular weight excluding hydrogens is 288 g/mol. The molecule has 0 saturated heterocycles. The van der Waals surface area contributed by atoms with Crippen LogP contribution in [0.1, 0.15) is 52.1 Å². The minimum absolute atomic E-state index is 0.293. The third-order valence-electron chi connectivity index (χ3n) is 3.34. The van der Waals surface area contributed by atoms with Crippen molar-refractivity contribution in [3.05, 3.63) is 17.6 Å². The third kappa shape index (κ3) is 4.83. The molecule has 6 heteroatoms. The summed E-state index contributed by atoms with van der Waals surface area (Å²) in [5, 5.41) is 3.23. The second kappa shape index (κ2) is 7.96. The van der Waals surface area contributed by atoms with Crippen molar-refractivity contribution in [2.24, 2.45) is 0 Å². The van der Waals surface area contributed by atoms with Crippen molar-refractivity contribution < 1.29 is 12.8 Å². The molecule has 0 atom stereocenters. The summed E-state index contributed by atoms with van der Waals surface area (Å²) in [7, 11) is -3.46. The van der Waals surface area contributed by atoms with Crippen molar-refractivity contribution in [3.63, 3.8) is 0 Å². The summed E-state index contributed by atoms with van der Waals surface area (Å²) in [6.45, 7) is 11.3. The van der Waals surface area contributed by atoms with E-state index in [-0.39, 0.29) is 0 Å². The van der Waals surface area contributed by atoms with Crippen LogP contribution in [0.25, 0.3) is 0 Å². The van der Waals surface area contributed by atoms with E-state index in [9.17, 15) is 8.42 Å². The van der Waals surface area contributed by atoms with Gasteiger partial charge in [0.1, 0.15) is 16.4 Å². The average molecular weight is 316 g/mol. The Bertz CT molecular complexity index is 535. The highest BCUT2D eigenvalue weighted by Gasteiger charge is 2.27. The van der Waals surface area contributed by atoms with Crippen molar-refractivity contribution in [3.8, 4) is 0 Å². The quantitative estimate of drug-likeness (QED) is 0.761. The molecule has 0 aliphatic carbocycles. The number of nitrogens with zero attached hydrogens (tertiary/aromatic N) is 1. The van der Waals surface area contributed by atoms with Crippen LogP contribution in [-0.4, -0.2) is 31.9 Å². The van der Waals surface area contributed by atoms with Crippen LogP contribution in [0.4, 0.5) is 0 Å². The lowest BCUT2D eigenvalue weighted by molar-refractivity contribution is 0.414. The second-order valence-electron chi connectivity index (χ2n) is 5.52. The first-order valence-corrected chi connectivity index (χ1v) is 9.09. The first kappa shape index (κ1) is 18.2. The van der Waals surface area contributed by atoms with Crippen molar-refractivity contribution in [1.82, 2.24) is 9.62 Å². The molecule has 0 aromatic carbocycles. The maximum absolute atomic E-state index is 12.7. The van der Waals surface area contributed by atoms with E-state index in [1.54, 1.807) is 13.0 Å². The number of rotatable bonds is 9. The van der Waals surface area contributed by atoms with E-state index in [1.165, 1.54) is 4.31 Å². The van der Waals surface area contributed by atoms with Crippen molar-refractivity contribution in [2.75, 3.05) is 13.1 Å². The monoisotopic (exact) mass is 316 g/mol. The van der Waals surface area contributed by atoms with Gasteiger partial charge >= 0.3 is 0 Å². The Morgan fingerprint density at radius 3 is 2.52 bits per heavy atom. The maximum Gasteiger partial charge on any atom is 0.246 e. The van der Waals surface area contributed by atoms with Gasteiger partial charge in [0.2, 0.25) is 10.0 Å². The Hall–Kier alpha value is -0.850.